The number of ether oxygens (including phenoxy) is 1. The van der Waals surface area contributed by atoms with E-state index in [-0.39, 0.29) is 18.5 Å². The number of aliphatic hydroxyl groups is 2. The first kappa shape index (κ1) is 80.1. The van der Waals surface area contributed by atoms with Gasteiger partial charge in [-0.25, -0.2) is 0 Å². The second kappa shape index (κ2) is 71.6. The number of carbonyl (C=O) groups is 2. The van der Waals surface area contributed by atoms with Crippen LogP contribution in [0.1, 0.15) is 412 Å². The summed E-state index contributed by atoms with van der Waals surface area (Å²) in [5.41, 5.74) is 0. The molecule has 0 heterocycles. The second-order valence-electron chi connectivity index (χ2n) is 25.6. The van der Waals surface area contributed by atoms with Gasteiger partial charge in [0.1, 0.15) is 0 Å². The molecule has 0 saturated carbocycles. The van der Waals surface area contributed by atoms with Gasteiger partial charge in [-0.2, -0.15) is 0 Å². The molecule has 0 saturated heterocycles. The van der Waals surface area contributed by atoms with Crippen molar-refractivity contribution in [3.8, 4) is 0 Å². The molecule has 2 atom stereocenters. The summed E-state index contributed by atoms with van der Waals surface area (Å²) in [5, 5.41) is 23.3. The van der Waals surface area contributed by atoms with Crippen LogP contribution in [0.25, 0.3) is 0 Å². The molecule has 0 aromatic carbocycles. The van der Waals surface area contributed by atoms with Crippen LogP contribution < -0.4 is 5.32 Å². The Hall–Kier alpha value is -1.92. The van der Waals surface area contributed by atoms with Gasteiger partial charge < -0.3 is 20.3 Å². The number of aliphatic hydroxyl groups excluding tert-OH is 2. The predicted octanol–water partition coefficient (Wildman–Crippen LogP) is 24.3. The van der Waals surface area contributed by atoms with Crippen molar-refractivity contribution in [1.82, 2.24) is 5.32 Å². The monoisotopic (exact) mass is 1150 g/mol. The Morgan fingerprint density at radius 1 is 0.341 bits per heavy atom. The fourth-order valence-corrected chi connectivity index (χ4v) is 11.7. The van der Waals surface area contributed by atoms with Gasteiger partial charge in [-0.15, -0.1) is 0 Å². The molecule has 0 aliphatic heterocycles. The standard InChI is InChI=1S/C76H145NO5/c1-3-5-7-9-11-13-15-17-19-21-23-24-26-29-33-36-40-44-48-52-56-60-64-68-74(79)73(72-78)77-75(80)69-65-61-57-53-49-45-41-37-34-30-27-25-28-31-35-39-43-47-51-55-59-63-67-71-82-76(81)70-66-62-58-54-50-46-42-38-32-22-20-18-16-14-12-10-8-6-4-2/h12,14,18,20,64,68,73-74,78-79H,3-11,13,15-17,19,21-63,65-67,69-72H2,1-2H3,(H,77,80)/b14-12-,20-18-,68-64+. The summed E-state index contributed by atoms with van der Waals surface area (Å²) in [5.74, 6) is -0.0522. The lowest BCUT2D eigenvalue weighted by atomic mass is 10.0. The first-order valence-corrected chi connectivity index (χ1v) is 37.3. The molecule has 3 N–H and O–H groups in total. The Bertz CT molecular complexity index is 1330. The fourth-order valence-electron chi connectivity index (χ4n) is 11.7. The Balaban J connectivity index is 3.39. The Morgan fingerprint density at radius 3 is 0.951 bits per heavy atom. The van der Waals surface area contributed by atoms with Crippen LogP contribution in [0.5, 0.6) is 0 Å². The molecular weight excluding hydrogens is 1010 g/mol. The van der Waals surface area contributed by atoms with E-state index in [9.17, 15) is 19.8 Å². The van der Waals surface area contributed by atoms with Crippen molar-refractivity contribution in [2.75, 3.05) is 13.2 Å². The van der Waals surface area contributed by atoms with E-state index in [0.29, 0.717) is 19.4 Å². The van der Waals surface area contributed by atoms with E-state index in [1.807, 2.05) is 6.08 Å². The van der Waals surface area contributed by atoms with Gasteiger partial charge in [0, 0.05) is 12.8 Å². The Morgan fingerprint density at radius 2 is 0.610 bits per heavy atom. The van der Waals surface area contributed by atoms with E-state index in [2.05, 4.69) is 43.5 Å². The Labute approximate surface area is 513 Å². The molecule has 1 amide bonds. The average molecular weight is 1150 g/mol. The van der Waals surface area contributed by atoms with Gasteiger partial charge in [-0.05, 0) is 64.2 Å². The van der Waals surface area contributed by atoms with E-state index >= 15 is 0 Å². The first-order valence-electron chi connectivity index (χ1n) is 37.3. The van der Waals surface area contributed by atoms with Gasteiger partial charge in [-0.3, -0.25) is 9.59 Å². The molecular formula is C76H145NO5. The second-order valence-corrected chi connectivity index (χ2v) is 25.6. The van der Waals surface area contributed by atoms with Crippen molar-refractivity contribution in [3.05, 3.63) is 36.5 Å². The summed E-state index contributed by atoms with van der Waals surface area (Å²) in [6.45, 7) is 4.92. The van der Waals surface area contributed by atoms with E-state index < -0.39 is 12.1 Å². The molecule has 0 rings (SSSR count). The molecule has 0 fully saturated rings. The summed E-state index contributed by atoms with van der Waals surface area (Å²) >= 11 is 0. The highest BCUT2D eigenvalue weighted by atomic mass is 16.5. The van der Waals surface area contributed by atoms with Gasteiger partial charge in [0.25, 0.3) is 0 Å². The first-order chi connectivity index (χ1) is 40.5. The van der Waals surface area contributed by atoms with Crippen LogP contribution in [-0.4, -0.2) is 47.4 Å². The van der Waals surface area contributed by atoms with Crippen LogP contribution in [0.4, 0.5) is 0 Å². The normalized spacial score (nSPS) is 12.7. The maximum absolute atomic E-state index is 12.5. The van der Waals surface area contributed by atoms with Crippen LogP contribution in [0, 0.1) is 0 Å². The maximum Gasteiger partial charge on any atom is 0.305 e. The molecule has 0 aliphatic rings. The van der Waals surface area contributed by atoms with Crippen molar-refractivity contribution < 1.29 is 24.5 Å². The molecule has 6 heteroatoms. The fraction of sp³-hybridized carbons (Fsp3) is 0.895. The summed E-state index contributed by atoms with van der Waals surface area (Å²) in [7, 11) is 0. The van der Waals surface area contributed by atoms with Crippen LogP contribution in [0.2, 0.25) is 0 Å². The van der Waals surface area contributed by atoms with E-state index in [0.717, 1.165) is 51.4 Å². The SMILES string of the molecule is CCCCC/C=C\C/C=C\CCCCCCCCCCCC(=O)OCCCCCCCCCCCCCCCCCCCCCCCCCC(=O)NC(CO)C(O)/C=C/CCCCCCCCCCCCCCCCCCCCCCC. The average Bonchev–Trinajstić information content (AvgIpc) is 3.48. The lowest BCUT2D eigenvalue weighted by Gasteiger charge is -2.20. The molecule has 0 aliphatic carbocycles. The number of rotatable bonds is 70. The van der Waals surface area contributed by atoms with E-state index in [1.165, 1.54) is 334 Å². The molecule has 2 unspecified atom stereocenters. The van der Waals surface area contributed by atoms with Crippen molar-refractivity contribution in [3.63, 3.8) is 0 Å². The maximum atomic E-state index is 12.5. The summed E-state index contributed by atoms with van der Waals surface area (Å²) in [6.07, 6.45) is 92.3. The number of nitrogens with one attached hydrogen (secondary N) is 1. The predicted molar refractivity (Wildman–Crippen MR) is 361 cm³/mol. The summed E-state index contributed by atoms with van der Waals surface area (Å²) < 4.78 is 5.51. The molecule has 0 aromatic heterocycles. The lowest BCUT2D eigenvalue weighted by Crippen LogP contribution is -2.45. The van der Waals surface area contributed by atoms with Gasteiger partial charge in [0.05, 0.1) is 25.4 Å². The lowest BCUT2D eigenvalue weighted by molar-refractivity contribution is -0.143. The number of hydrogen-bond acceptors (Lipinski definition) is 5. The molecule has 82 heavy (non-hydrogen) atoms. The topological polar surface area (TPSA) is 95.9 Å². The summed E-state index contributed by atoms with van der Waals surface area (Å²) in [4.78, 5) is 24.7. The zero-order valence-electron chi connectivity index (χ0n) is 55.5. The third-order valence-corrected chi connectivity index (χ3v) is 17.4. The molecule has 0 aromatic rings. The van der Waals surface area contributed by atoms with E-state index in [1.54, 1.807) is 6.08 Å². The number of amides is 1. The smallest absolute Gasteiger partial charge is 0.305 e. The quantitative estimate of drug-likeness (QED) is 0.0320. The van der Waals surface area contributed by atoms with Gasteiger partial charge in [0.15, 0.2) is 0 Å². The zero-order chi connectivity index (χ0) is 59.2. The van der Waals surface area contributed by atoms with Crippen molar-refractivity contribution in [2.45, 2.75) is 424 Å². The van der Waals surface area contributed by atoms with Crippen LogP contribution in [-0.2, 0) is 14.3 Å². The minimum absolute atomic E-state index is 0.0109. The van der Waals surface area contributed by atoms with Crippen molar-refractivity contribution in [1.29, 1.82) is 0 Å². The third-order valence-electron chi connectivity index (χ3n) is 17.4. The minimum atomic E-state index is -0.846. The Kier molecular flexibility index (Phi) is 69.9. The van der Waals surface area contributed by atoms with Crippen molar-refractivity contribution in [2.24, 2.45) is 0 Å². The number of allylic oxidation sites excluding steroid dienone is 5. The van der Waals surface area contributed by atoms with Gasteiger partial charge >= 0.3 is 5.97 Å². The van der Waals surface area contributed by atoms with Crippen LogP contribution >= 0.6 is 0 Å². The highest BCUT2D eigenvalue weighted by Gasteiger charge is 2.18. The highest BCUT2D eigenvalue weighted by molar-refractivity contribution is 5.76. The van der Waals surface area contributed by atoms with Gasteiger partial charge in [-0.1, -0.05) is 371 Å². The zero-order valence-corrected chi connectivity index (χ0v) is 55.5. The third kappa shape index (κ3) is 67.2. The van der Waals surface area contributed by atoms with Crippen LogP contribution in [0.15, 0.2) is 36.5 Å². The minimum Gasteiger partial charge on any atom is -0.466 e. The number of carbonyl (C=O) groups excluding carboxylic acids is 2. The van der Waals surface area contributed by atoms with Crippen LogP contribution in [0.3, 0.4) is 0 Å². The largest absolute Gasteiger partial charge is 0.466 e. The highest BCUT2D eigenvalue weighted by Crippen LogP contribution is 2.19. The molecule has 0 spiro atoms. The number of unbranched alkanes of at least 4 members (excludes halogenated alkanes) is 55. The van der Waals surface area contributed by atoms with Gasteiger partial charge in [0.2, 0.25) is 5.91 Å². The summed E-state index contributed by atoms with van der Waals surface area (Å²) in [6, 6.07) is -0.629. The van der Waals surface area contributed by atoms with Crippen molar-refractivity contribution >= 4 is 11.9 Å². The molecule has 484 valence electrons. The van der Waals surface area contributed by atoms with E-state index in [4.69, 9.17) is 4.74 Å². The molecule has 0 bridgehead atoms. The number of esters is 1. The molecule has 0 radical (unpaired) electrons. The number of hydrogen-bond donors (Lipinski definition) is 3. The molecule has 6 nitrogen and oxygen atoms in total.